The van der Waals surface area contributed by atoms with Gasteiger partial charge in [-0.3, -0.25) is 0 Å². The molecule has 5 heteroatoms. The lowest BCUT2D eigenvalue weighted by molar-refractivity contribution is 0.0815. The monoisotopic (exact) mass is 407 g/mol. The van der Waals surface area contributed by atoms with Gasteiger partial charge in [-0.1, -0.05) is 20.8 Å². The molecule has 0 fully saturated rings. The molecule has 0 aromatic heterocycles. The molecule has 1 aromatic carbocycles. The van der Waals surface area contributed by atoms with E-state index in [0.717, 1.165) is 34.4 Å². The first kappa shape index (κ1) is 18.0. The lowest BCUT2D eigenvalue weighted by Gasteiger charge is -2.13. The van der Waals surface area contributed by atoms with E-state index in [1.54, 1.807) is 0 Å². The van der Waals surface area contributed by atoms with Gasteiger partial charge in [0.2, 0.25) is 0 Å². The molecule has 0 radical (unpaired) electrons. The molecule has 0 saturated heterocycles. The highest BCUT2D eigenvalue weighted by Crippen LogP contribution is 2.34. The number of halogens is 2. The number of ether oxygens (including phenoxy) is 2. The van der Waals surface area contributed by atoms with Gasteiger partial charge < -0.3 is 14.8 Å². The van der Waals surface area contributed by atoms with E-state index in [9.17, 15) is 0 Å². The van der Waals surface area contributed by atoms with E-state index in [1.165, 1.54) is 5.56 Å². The Balaban J connectivity index is 2.49. The van der Waals surface area contributed by atoms with E-state index in [0.29, 0.717) is 19.1 Å². The highest BCUT2D eigenvalue weighted by atomic mass is 79.9. The third-order valence-electron chi connectivity index (χ3n) is 2.56. The largest absolute Gasteiger partial charge is 0.489 e. The van der Waals surface area contributed by atoms with Gasteiger partial charge in [0.1, 0.15) is 12.4 Å². The fourth-order valence-corrected chi connectivity index (χ4v) is 3.15. The van der Waals surface area contributed by atoms with Gasteiger partial charge in [0.25, 0.3) is 0 Å². The van der Waals surface area contributed by atoms with Crippen molar-refractivity contribution >= 4 is 31.9 Å². The molecule has 0 bridgehead atoms. The molecule has 0 atom stereocenters. The van der Waals surface area contributed by atoms with Crippen LogP contribution >= 0.6 is 31.9 Å². The molecule has 0 spiro atoms. The van der Waals surface area contributed by atoms with Gasteiger partial charge in [-0.2, -0.15) is 0 Å². The predicted molar refractivity (Wildman–Crippen MR) is 90.4 cm³/mol. The van der Waals surface area contributed by atoms with E-state index < -0.39 is 0 Å². The molecule has 0 heterocycles. The Hall–Kier alpha value is -0.100. The summed E-state index contributed by atoms with van der Waals surface area (Å²) in [4.78, 5) is 0. The van der Waals surface area contributed by atoms with E-state index in [1.807, 2.05) is 0 Å². The summed E-state index contributed by atoms with van der Waals surface area (Å²) in [6.45, 7) is 10.1. The second kappa shape index (κ2) is 9.77. The zero-order valence-corrected chi connectivity index (χ0v) is 15.5. The lowest BCUT2D eigenvalue weighted by Crippen LogP contribution is -2.12. The minimum absolute atomic E-state index is 0.552. The Morgan fingerprint density at radius 2 is 1.80 bits per heavy atom. The molecular weight excluding hydrogens is 386 g/mol. The molecule has 1 N–H and O–H groups in total. The van der Waals surface area contributed by atoms with Crippen LogP contribution in [0.2, 0.25) is 0 Å². The Labute approximate surface area is 138 Å². The number of nitrogens with one attached hydrogen (secondary N) is 1. The number of benzene rings is 1. The Morgan fingerprint density at radius 1 is 1.15 bits per heavy atom. The van der Waals surface area contributed by atoms with Crippen molar-refractivity contribution in [3.05, 3.63) is 26.6 Å². The van der Waals surface area contributed by atoms with Crippen LogP contribution in [-0.2, 0) is 11.3 Å². The third-order valence-corrected chi connectivity index (χ3v) is 3.74. The molecule has 0 aliphatic carbocycles. The molecular formula is C15H23Br2NO2. The molecule has 1 rings (SSSR count). The van der Waals surface area contributed by atoms with Crippen molar-refractivity contribution in [1.82, 2.24) is 5.32 Å². The molecule has 0 aliphatic rings. The van der Waals surface area contributed by atoms with Gasteiger partial charge in [0, 0.05) is 13.2 Å². The zero-order valence-electron chi connectivity index (χ0n) is 12.3. The quantitative estimate of drug-likeness (QED) is 0.615. The van der Waals surface area contributed by atoms with Crippen LogP contribution in [0, 0.1) is 5.92 Å². The van der Waals surface area contributed by atoms with Gasteiger partial charge >= 0.3 is 0 Å². The Bertz CT molecular complexity index is 388. The molecule has 0 saturated carbocycles. The first-order valence-electron chi connectivity index (χ1n) is 6.93. The summed E-state index contributed by atoms with van der Waals surface area (Å²) in [6, 6.07) is 4.16. The second-order valence-electron chi connectivity index (χ2n) is 4.99. The molecule has 3 nitrogen and oxygen atoms in total. The fraction of sp³-hybridized carbons (Fsp3) is 0.600. The summed E-state index contributed by atoms with van der Waals surface area (Å²) in [5.74, 6) is 1.39. The average Bonchev–Trinajstić information content (AvgIpc) is 2.38. The van der Waals surface area contributed by atoms with E-state index in [4.69, 9.17) is 9.47 Å². The highest BCUT2D eigenvalue weighted by Gasteiger charge is 2.09. The maximum atomic E-state index is 5.77. The summed E-state index contributed by atoms with van der Waals surface area (Å²) in [5.41, 5.74) is 1.22. The normalized spacial score (nSPS) is 11.1. The van der Waals surface area contributed by atoms with Gasteiger partial charge in [0.05, 0.1) is 15.6 Å². The number of hydrogen-bond acceptors (Lipinski definition) is 3. The van der Waals surface area contributed by atoms with Crippen LogP contribution in [0.1, 0.15) is 26.3 Å². The maximum Gasteiger partial charge on any atom is 0.147 e. The summed E-state index contributed by atoms with van der Waals surface area (Å²) in [7, 11) is 0. The topological polar surface area (TPSA) is 30.5 Å². The summed E-state index contributed by atoms with van der Waals surface area (Å²) in [6.07, 6.45) is 0. The van der Waals surface area contributed by atoms with Crippen LogP contribution in [0.15, 0.2) is 21.1 Å². The van der Waals surface area contributed by atoms with Crippen molar-refractivity contribution in [3.8, 4) is 5.75 Å². The standard InChI is InChI=1S/C15H23Br2NO2/c1-4-18-9-12-7-13(16)15(14(17)8-12)20-6-5-19-10-11(2)3/h7-8,11,18H,4-6,9-10H2,1-3H3. The summed E-state index contributed by atoms with van der Waals surface area (Å²) in [5, 5.41) is 3.31. The second-order valence-corrected chi connectivity index (χ2v) is 6.69. The van der Waals surface area contributed by atoms with Gasteiger partial charge in [-0.05, 0) is 62.0 Å². The minimum atomic E-state index is 0.552. The van der Waals surface area contributed by atoms with Crippen molar-refractivity contribution in [3.63, 3.8) is 0 Å². The molecule has 0 aliphatic heterocycles. The Kier molecular flexibility index (Phi) is 8.77. The van der Waals surface area contributed by atoms with E-state index >= 15 is 0 Å². The van der Waals surface area contributed by atoms with Crippen molar-refractivity contribution in [2.75, 3.05) is 26.4 Å². The molecule has 20 heavy (non-hydrogen) atoms. The maximum absolute atomic E-state index is 5.77. The van der Waals surface area contributed by atoms with Crippen LogP contribution in [0.25, 0.3) is 0 Å². The average molecular weight is 409 g/mol. The van der Waals surface area contributed by atoms with Crippen molar-refractivity contribution < 1.29 is 9.47 Å². The Morgan fingerprint density at radius 3 is 2.35 bits per heavy atom. The van der Waals surface area contributed by atoms with Crippen molar-refractivity contribution in [1.29, 1.82) is 0 Å². The van der Waals surface area contributed by atoms with Crippen molar-refractivity contribution in [2.24, 2.45) is 5.92 Å². The minimum Gasteiger partial charge on any atom is -0.489 e. The van der Waals surface area contributed by atoms with Gasteiger partial charge in [-0.15, -0.1) is 0 Å². The molecule has 0 amide bonds. The van der Waals surface area contributed by atoms with Crippen LogP contribution in [-0.4, -0.2) is 26.4 Å². The fourth-order valence-electron chi connectivity index (χ4n) is 1.64. The third kappa shape index (κ3) is 6.57. The lowest BCUT2D eigenvalue weighted by atomic mass is 10.2. The predicted octanol–water partition coefficient (Wildman–Crippen LogP) is 4.37. The van der Waals surface area contributed by atoms with Crippen LogP contribution in [0.4, 0.5) is 0 Å². The highest BCUT2D eigenvalue weighted by molar-refractivity contribution is 9.11. The molecule has 114 valence electrons. The first-order valence-corrected chi connectivity index (χ1v) is 8.52. The van der Waals surface area contributed by atoms with Crippen LogP contribution in [0.5, 0.6) is 5.75 Å². The van der Waals surface area contributed by atoms with E-state index in [2.05, 4.69) is 70.1 Å². The van der Waals surface area contributed by atoms with Gasteiger partial charge in [0.15, 0.2) is 0 Å². The van der Waals surface area contributed by atoms with Crippen LogP contribution in [0.3, 0.4) is 0 Å². The summed E-state index contributed by atoms with van der Waals surface area (Å²) < 4.78 is 13.2. The zero-order chi connectivity index (χ0) is 15.0. The molecule has 0 unspecified atom stereocenters. The SMILES string of the molecule is CCNCc1cc(Br)c(OCCOCC(C)C)c(Br)c1. The van der Waals surface area contributed by atoms with Crippen LogP contribution < -0.4 is 10.1 Å². The molecule has 1 aromatic rings. The van der Waals surface area contributed by atoms with E-state index in [-0.39, 0.29) is 0 Å². The van der Waals surface area contributed by atoms with Crippen molar-refractivity contribution in [2.45, 2.75) is 27.3 Å². The first-order chi connectivity index (χ1) is 9.54. The number of hydrogen-bond donors (Lipinski definition) is 1. The van der Waals surface area contributed by atoms with Gasteiger partial charge in [-0.25, -0.2) is 0 Å². The number of rotatable bonds is 9. The smallest absolute Gasteiger partial charge is 0.147 e. The summed E-state index contributed by atoms with van der Waals surface area (Å²) >= 11 is 7.12.